The van der Waals surface area contributed by atoms with Crippen molar-refractivity contribution in [3.63, 3.8) is 0 Å². The number of halogens is 2. The molecule has 14 heavy (non-hydrogen) atoms. The van der Waals surface area contributed by atoms with E-state index in [1.807, 2.05) is 10.3 Å². The van der Waals surface area contributed by atoms with Crippen LogP contribution in [0.15, 0.2) is 22.4 Å². The molecule has 78 valence electrons. The van der Waals surface area contributed by atoms with E-state index in [1.54, 1.807) is 0 Å². The molecule has 0 bridgehead atoms. The summed E-state index contributed by atoms with van der Waals surface area (Å²) in [6.45, 7) is 8.04. The Morgan fingerprint density at radius 1 is 1.71 bits per heavy atom. The number of rotatable bonds is 4. The monoisotopic (exact) mass is 322 g/mol. The number of hydrogen-bond acceptors (Lipinski definition) is 0. The first kappa shape index (κ1) is 11.9. The number of aromatic amines is 1. The summed E-state index contributed by atoms with van der Waals surface area (Å²) in [6.07, 6.45) is 5.08. The number of aromatic nitrogens is 1. The number of hydrogen-bond donors (Lipinski definition) is 1. The van der Waals surface area contributed by atoms with Crippen molar-refractivity contribution in [3.8, 4) is 0 Å². The van der Waals surface area contributed by atoms with Gasteiger partial charge in [0.2, 0.25) is 0 Å². The molecular weight excluding hydrogens is 308 g/mol. The molecule has 1 aromatic rings. The zero-order valence-corrected chi connectivity index (χ0v) is 11.3. The molecule has 1 aromatic heterocycles. The Hall–Kier alpha value is -0.220. The van der Waals surface area contributed by atoms with Crippen LogP contribution in [0.25, 0.3) is 6.08 Å². The van der Waals surface area contributed by atoms with Gasteiger partial charge in [-0.05, 0) is 0 Å². The van der Waals surface area contributed by atoms with Gasteiger partial charge in [-0.3, -0.25) is 0 Å². The first-order valence-corrected chi connectivity index (χ1v) is 7.17. The van der Waals surface area contributed by atoms with Crippen LogP contribution in [0.1, 0.15) is 25.8 Å². The second-order valence-corrected chi connectivity index (χ2v) is 5.96. The second kappa shape index (κ2) is 5.61. The van der Waals surface area contributed by atoms with Gasteiger partial charge in [0.15, 0.2) is 0 Å². The van der Waals surface area contributed by atoms with Gasteiger partial charge in [0.1, 0.15) is 0 Å². The number of H-pyrrole nitrogens is 1. The van der Waals surface area contributed by atoms with E-state index in [0.717, 1.165) is 17.0 Å². The van der Waals surface area contributed by atoms with Crippen LogP contribution in [0.2, 0.25) is 5.02 Å². The molecule has 0 fully saturated rings. The Morgan fingerprint density at radius 2 is 2.43 bits per heavy atom. The normalized spacial score (nSPS) is 12.1. The van der Waals surface area contributed by atoms with Crippen LogP contribution in [0.3, 0.4) is 0 Å². The van der Waals surface area contributed by atoms with Gasteiger partial charge in [0, 0.05) is 0 Å². The maximum atomic E-state index is 6.09. The summed E-state index contributed by atoms with van der Waals surface area (Å²) in [5.74, 6) is 0. The van der Waals surface area contributed by atoms with E-state index in [0.29, 0.717) is 0 Å². The fourth-order valence-electron chi connectivity index (χ4n) is 1.04. The standard InChI is InChI=1S/C11H14ClIN/c1-4-8(3)6-9-10(12)7-14-11(9)13-5-2/h5-7,14H,2,4H2,1,3H3/q-1/b8-6+. The molecule has 1 heterocycles. The second-order valence-electron chi connectivity index (χ2n) is 2.97. The van der Waals surface area contributed by atoms with Crippen molar-refractivity contribution in [3.05, 3.63) is 36.7 Å². The van der Waals surface area contributed by atoms with Gasteiger partial charge in [0.05, 0.1) is 0 Å². The first-order valence-electron chi connectivity index (χ1n) is 4.47. The van der Waals surface area contributed by atoms with Crippen molar-refractivity contribution < 1.29 is 21.2 Å². The summed E-state index contributed by atoms with van der Waals surface area (Å²) in [5, 5.41) is 0.814. The molecule has 0 unspecified atom stereocenters. The Kier molecular flexibility index (Phi) is 4.75. The summed E-state index contributed by atoms with van der Waals surface area (Å²) in [4.78, 5) is 3.21. The molecule has 1 nitrogen and oxygen atoms in total. The Morgan fingerprint density at radius 3 is 3.00 bits per heavy atom. The molecule has 3 heteroatoms. The van der Waals surface area contributed by atoms with Crippen LogP contribution in [0.5, 0.6) is 0 Å². The van der Waals surface area contributed by atoms with Gasteiger partial charge in [-0.15, -0.1) is 0 Å². The molecule has 0 radical (unpaired) electrons. The van der Waals surface area contributed by atoms with Gasteiger partial charge >= 0.3 is 101 Å². The van der Waals surface area contributed by atoms with Crippen LogP contribution in [-0.2, 0) is 0 Å². The summed E-state index contributed by atoms with van der Waals surface area (Å²) in [7, 11) is 0. The third-order valence-corrected chi connectivity index (χ3v) is 4.22. The summed E-state index contributed by atoms with van der Waals surface area (Å²) < 4.78 is 3.23. The van der Waals surface area contributed by atoms with Crippen molar-refractivity contribution in [1.82, 2.24) is 4.98 Å². The fourth-order valence-corrected chi connectivity index (χ4v) is 2.96. The molecule has 1 rings (SSSR count). The number of nitrogens with one attached hydrogen (secondary N) is 1. The first-order chi connectivity index (χ1) is 6.69. The predicted molar refractivity (Wildman–Crippen MR) is 58.6 cm³/mol. The average molecular weight is 323 g/mol. The van der Waals surface area contributed by atoms with Crippen LogP contribution in [-0.4, -0.2) is 4.98 Å². The molecule has 0 atom stereocenters. The summed E-state index contributed by atoms with van der Waals surface area (Å²) >= 11 is 5.96. The van der Waals surface area contributed by atoms with E-state index in [9.17, 15) is 0 Å². The Bertz CT molecular complexity index is 352. The molecule has 0 spiro atoms. The zero-order chi connectivity index (χ0) is 10.6. The summed E-state index contributed by atoms with van der Waals surface area (Å²) in [6, 6.07) is 0. The van der Waals surface area contributed by atoms with E-state index in [2.05, 4.69) is 31.5 Å². The minimum absolute atomic E-state index is 0.129. The van der Waals surface area contributed by atoms with Gasteiger partial charge in [0.25, 0.3) is 0 Å². The van der Waals surface area contributed by atoms with Gasteiger partial charge in [-0.1, -0.05) is 0 Å². The molecule has 0 saturated heterocycles. The molecule has 0 saturated carbocycles. The molecule has 0 amide bonds. The van der Waals surface area contributed by atoms with E-state index in [-0.39, 0.29) is 21.2 Å². The minimum atomic E-state index is -0.129. The van der Waals surface area contributed by atoms with Crippen LogP contribution < -0.4 is 21.2 Å². The molecule has 0 aliphatic heterocycles. The molecule has 0 aromatic carbocycles. The topological polar surface area (TPSA) is 15.8 Å². The average Bonchev–Trinajstić information content (AvgIpc) is 2.50. The van der Waals surface area contributed by atoms with Crippen LogP contribution in [0.4, 0.5) is 0 Å². The van der Waals surface area contributed by atoms with Gasteiger partial charge in [-0.2, -0.15) is 0 Å². The van der Waals surface area contributed by atoms with Gasteiger partial charge < -0.3 is 0 Å². The van der Waals surface area contributed by atoms with E-state index in [1.165, 1.54) is 9.27 Å². The van der Waals surface area contributed by atoms with Gasteiger partial charge in [-0.25, -0.2) is 0 Å². The zero-order valence-electron chi connectivity index (χ0n) is 8.40. The Labute approximate surface area is 101 Å². The molecular formula is C11H14ClIN-. The molecule has 0 aliphatic rings. The third kappa shape index (κ3) is 2.89. The van der Waals surface area contributed by atoms with E-state index < -0.39 is 0 Å². The molecule has 0 aliphatic carbocycles. The van der Waals surface area contributed by atoms with Crippen molar-refractivity contribution >= 4 is 17.7 Å². The quantitative estimate of drug-likeness (QED) is 0.792. The fraction of sp³-hybridized carbons (Fsp3) is 0.273. The van der Waals surface area contributed by atoms with E-state index >= 15 is 0 Å². The summed E-state index contributed by atoms with van der Waals surface area (Å²) in [5.41, 5.74) is 2.50. The van der Waals surface area contributed by atoms with Crippen molar-refractivity contribution in [2.24, 2.45) is 0 Å². The van der Waals surface area contributed by atoms with Crippen molar-refractivity contribution in [2.45, 2.75) is 20.3 Å². The number of allylic oxidation sites excluding steroid dienone is 1. The third-order valence-electron chi connectivity index (χ3n) is 1.95. The molecule has 1 N–H and O–H groups in total. The SMILES string of the molecule is C=C[I-]c1[nH]cc(Cl)c1/C=C(\C)CC. The van der Waals surface area contributed by atoms with Crippen molar-refractivity contribution in [2.75, 3.05) is 0 Å². The maximum absolute atomic E-state index is 6.09. The van der Waals surface area contributed by atoms with E-state index in [4.69, 9.17) is 11.6 Å². The Balaban J connectivity index is 3.04. The van der Waals surface area contributed by atoms with Crippen LogP contribution in [0, 0.1) is 3.70 Å². The predicted octanol–water partition coefficient (Wildman–Crippen LogP) is 0.884. The van der Waals surface area contributed by atoms with Crippen molar-refractivity contribution in [1.29, 1.82) is 0 Å². The van der Waals surface area contributed by atoms with Crippen LogP contribution >= 0.6 is 11.6 Å².